The van der Waals surface area contributed by atoms with Crippen molar-refractivity contribution >= 4 is 11.6 Å². The maximum absolute atomic E-state index is 13.1. The number of nitrogens with zero attached hydrogens (tertiary/aromatic N) is 5. The SMILES string of the molecule is Cc1ncn(-c2ccc(NC(=O)C3(c4cccc(-c5nn[nH]n5)c4)CC3)cc2)c1C. The van der Waals surface area contributed by atoms with Crippen molar-refractivity contribution in [3.63, 3.8) is 0 Å². The fraction of sp³-hybridized carbons (Fsp3) is 0.227. The molecule has 1 aliphatic carbocycles. The van der Waals surface area contributed by atoms with E-state index in [9.17, 15) is 4.79 Å². The minimum absolute atomic E-state index is 0.00941. The van der Waals surface area contributed by atoms with Gasteiger partial charge in [0.2, 0.25) is 11.7 Å². The lowest BCUT2D eigenvalue weighted by Gasteiger charge is -2.17. The van der Waals surface area contributed by atoms with Crippen LogP contribution in [0.5, 0.6) is 0 Å². The van der Waals surface area contributed by atoms with Crippen molar-refractivity contribution in [1.29, 1.82) is 0 Å². The fourth-order valence-electron chi connectivity index (χ4n) is 3.73. The second kappa shape index (κ2) is 6.91. The first-order valence-electron chi connectivity index (χ1n) is 9.84. The number of imidazole rings is 1. The number of carbonyl (C=O) groups is 1. The number of rotatable bonds is 5. The molecule has 8 nitrogen and oxygen atoms in total. The molecule has 0 unspecified atom stereocenters. The van der Waals surface area contributed by atoms with Crippen LogP contribution in [-0.2, 0) is 10.2 Å². The highest BCUT2D eigenvalue weighted by molar-refractivity contribution is 6.01. The number of benzene rings is 2. The molecule has 0 bridgehead atoms. The third-order valence-electron chi connectivity index (χ3n) is 5.86. The molecule has 5 rings (SSSR count). The summed E-state index contributed by atoms with van der Waals surface area (Å²) >= 11 is 0. The molecule has 2 heterocycles. The molecular weight excluding hydrogens is 378 g/mol. The number of nitrogens with one attached hydrogen (secondary N) is 2. The molecule has 1 amide bonds. The predicted molar refractivity (Wildman–Crippen MR) is 112 cm³/mol. The van der Waals surface area contributed by atoms with Gasteiger partial charge in [0.05, 0.1) is 17.4 Å². The van der Waals surface area contributed by atoms with Crippen LogP contribution < -0.4 is 5.32 Å². The Labute approximate surface area is 173 Å². The summed E-state index contributed by atoms with van der Waals surface area (Å²) in [6, 6.07) is 15.6. The first kappa shape index (κ1) is 18.2. The van der Waals surface area contributed by atoms with Crippen molar-refractivity contribution in [2.24, 2.45) is 0 Å². The highest BCUT2D eigenvalue weighted by Gasteiger charge is 2.51. The van der Waals surface area contributed by atoms with Crippen LogP contribution in [0.15, 0.2) is 54.9 Å². The van der Waals surface area contributed by atoms with Gasteiger partial charge in [-0.25, -0.2) is 4.98 Å². The van der Waals surface area contributed by atoms with Crippen LogP contribution in [0.1, 0.15) is 29.8 Å². The zero-order valence-electron chi connectivity index (χ0n) is 16.8. The maximum atomic E-state index is 13.1. The van der Waals surface area contributed by atoms with E-state index in [2.05, 4.69) is 30.9 Å². The number of hydrogen-bond donors (Lipinski definition) is 2. The molecule has 0 saturated heterocycles. The zero-order valence-corrected chi connectivity index (χ0v) is 16.8. The van der Waals surface area contributed by atoms with E-state index in [0.717, 1.165) is 46.7 Å². The van der Waals surface area contributed by atoms with Gasteiger partial charge in [-0.05, 0) is 67.8 Å². The van der Waals surface area contributed by atoms with Gasteiger partial charge in [-0.3, -0.25) is 4.79 Å². The molecule has 0 radical (unpaired) electrons. The molecule has 1 aliphatic rings. The highest BCUT2D eigenvalue weighted by Crippen LogP contribution is 2.49. The number of carbonyl (C=O) groups excluding carboxylic acids is 1. The zero-order chi connectivity index (χ0) is 20.7. The maximum Gasteiger partial charge on any atom is 0.235 e. The normalized spacial score (nSPS) is 14.5. The molecule has 1 saturated carbocycles. The topological polar surface area (TPSA) is 101 Å². The summed E-state index contributed by atoms with van der Waals surface area (Å²) in [5.41, 5.74) is 5.21. The lowest BCUT2D eigenvalue weighted by atomic mass is 9.93. The molecule has 1 fully saturated rings. The van der Waals surface area contributed by atoms with Crippen LogP contribution in [0, 0.1) is 13.8 Å². The largest absolute Gasteiger partial charge is 0.325 e. The van der Waals surface area contributed by atoms with Crippen LogP contribution >= 0.6 is 0 Å². The molecule has 2 N–H and O–H groups in total. The highest BCUT2D eigenvalue weighted by atomic mass is 16.2. The van der Waals surface area contributed by atoms with Crippen LogP contribution in [0.2, 0.25) is 0 Å². The minimum Gasteiger partial charge on any atom is -0.325 e. The van der Waals surface area contributed by atoms with Gasteiger partial charge in [0.1, 0.15) is 0 Å². The van der Waals surface area contributed by atoms with Gasteiger partial charge in [-0.15, -0.1) is 10.2 Å². The molecule has 2 aromatic carbocycles. The quantitative estimate of drug-likeness (QED) is 0.536. The fourth-order valence-corrected chi connectivity index (χ4v) is 3.73. The third kappa shape index (κ3) is 3.06. The smallest absolute Gasteiger partial charge is 0.235 e. The van der Waals surface area contributed by atoms with Gasteiger partial charge in [-0.1, -0.05) is 18.2 Å². The van der Waals surface area contributed by atoms with Gasteiger partial charge >= 0.3 is 0 Å². The summed E-state index contributed by atoms with van der Waals surface area (Å²) in [6.45, 7) is 4.03. The molecule has 8 heteroatoms. The molecule has 150 valence electrons. The number of aromatic nitrogens is 6. The Balaban J connectivity index is 1.35. The van der Waals surface area contributed by atoms with Crippen molar-refractivity contribution in [2.75, 3.05) is 5.32 Å². The third-order valence-corrected chi connectivity index (χ3v) is 5.86. The average molecular weight is 399 g/mol. The van der Waals surface area contributed by atoms with Crippen molar-refractivity contribution in [3.8, 4) is 17.1 Å². The number of H-pyrrole nitrogens is 1. The van der Waals surface area contributed by atoms with E-state index < -0.39 is 5.41 Å². The van der Waals surface area contributed by atoms with Gasteiger partial charge in [0, 0.05) is 22.6 Å². The summed E-state index contributed by atoms with van der Waals surface area (Å²) < 4.78 is 2.03. The summed E-state index contributed by atoms with van der Waals surface area (Å²) in [5, 5.41) is 17.2. The van der Waals surface area contributed by atoms with Gasteiger partial charge in [-0.2, -0.15) is 5.21 Å². The summed E-state index contributed by atoms with van der Waals surface area (Å²) in [4.78, 5) is 17.5. The number of tetrazole rings is 1. The van der Waals surface area contributed by atoms with Gasteiger partial charge < -0.3 is 9.88 Å². The van der Waals surface area contributed by atoms with E-state index in [0.29, 0.717) is 5.82 Å². The Morgan fingerprint density at radius 2 is 1.93 bits per heavy atom. The number of anilines is 1. The molecule has 0 aliphatic heterocycles. The minimum atomic E-state index is -0.504. The van der Waals surface area contributed by atoms with Crippen molar-refractivity contribution < 1.29 is 4.79 Å². The van der Waals surface area contributed by atoms with Crippen molar-refractivity contribution in [2.45, 2.75) is 32.1 Å². The van der Waals surface area contributed by atoms with E-state index in [-0.39, 0.29) is 5.91 Å². The lowest BCUT2D eigenvalue weighted by Crippen LogP contribution is -2.27. The van der Waals surface area contributed by atoms with Gasteiger partial charge in [0.25, 0.3) is 0 Å². The first-order chi connectivity index (χ1) is 14.6. The van der Waals surface area contributed by atoms with E-state index >= 15 is 0 Å². The van der Waals surface area contributed by atoms with E-state index in [1.54, 1.807) is 0 Å². The molecule has 4 aromatic rings. The molecule has 0 atom stereocenters. The number of amides is 1. The van der Waals surface area contributed by atoms with Crippen LogP contribution in [0.4, 0.5) is 5.69 Å². The standard InChI is InChI=1S/C22H21N7O/c1-14-15(2)29(13-23-14)19-8-6-18(7-9-19)24-21(30)22(10-11-22)17-5-3-4-16(12-17)20-25-27-28-26-20/h3-9,12-13H,10-11H2,1-2H3,(H,24,30)(H,25,26,27,28). The molecular formula is C22H21N7O. The predicted octanol–water partition coefficient (Wildman–Crippen LogP) is 3.34. The Kier molecular flexibility index (Phi) is 4.20. The second-order valence-corrected chi connectivity index (χ2v) is 7.68. The summed E-state index contributed by atoms with van der Waals surface area (Å²) in [7, 11) is 0. The summed E-state index contributed by atoms with van der Waals surface area (Å²) in [6.07, 6.45) is 3.45. The van der Waals surface area contributed by atoms with E-state index in [1.165, 1.54) is 0 Å². The number of aromatic amines is 1. The van der Waals surface area contributed by atoms with E-state index in [1.807, 2.05) is 73.3 Å². The number of aryl methyl sites for hydroxylation is 1. The molecule has 0 spiro atoms. The van der Waals surface area contributed by atoms with E-state index in [4.69, 9.17) is 0 Å². The Morgan fingerprint density at radius 3 is 2.57 bits per heavy atom. The lowest BCUT2D eigenvalue weighted by molar-refractivity contribution is -0.118. The second-order valence-electron chi connectivity index (χ2n) is 7.68. The molecule has 2 aromatic heterocycles. The Morgan fingerprint density at radius 1 is 1.13 bits per heavy atom. The summed E-state index contributed by atoms with van der Waals surface area (Å²) in [5.74, 6) is 0.531. The Hall–Kier alpha value is -3.81. The van der Waals surface area contributed by atoms with Crippen LogP contribution in [0.3, 0.4) is 0 Å². The monoisotopic (exact) mass is 399 g/mol. The van der Waals surface area contributed by atoms with Crippen LogP contribution in [0.25, 0.3) is 17.1 Å². The molecule has 30 heavy (non-hydrogen) atoms. The van der Waals surface area contributed by atoms with Gasteiger partial charge in [0.15, 0.2) is 0 Å². The Bertz CT molecular complexity index is 1200. The first-order valence-corrected chi connectivity index (χ1v) is 9.84. The van der Waals surface area contributed by atoms with Crippen molar-refractivity contribution in [1.82, 2.24) is 30.2 Å². The van der Waals surface area contributed by atoms with Crippen molar-refractivity contribution in [3.05, 3.63) is 71.8 Å². The number of hydrogen-bond acceptors (Lipinski definition) is 5. The van der Waals surface area contributed by atoms with Crippen LogP contribution in [-0.4, -0.2) is 36.1 Å². The average Bonchev–Trinajstić information content (AvgIpc) is 3.27.